The van der Waals surface area contributed by atoms with Crippen LogP contribution in [-0.4, -0.2) is 152 Å². The third-order valence-electron chi connectivity index (χ3n) is 20.0. The Morgan fingerprint density at radius 3 is 2.41 bits per heavy atom. The normalized spacial score (nSPS) is 29.2. The lowest BCUT2D eigenvalue weighted by atomic mass is 9.65. The SMILES string of the molecule is CCN1CC[C@@H](N2CC3(CCOC3)C2)[C@H](NC(=O)[C@@H]2C(C)c3ccccc3[C@@H]3CCC[C@H]23)C(=O)N2CCC[C@H](N2)C(=O)OCC(C)(C)Cc2c(-c3cc(N4CCN(C5CC5)CC4)cnc3[C@H](C)OC)n(CC)c3ccc1cc23. The molecule has 15 nitrogen and oxygen atoms in total. The number of amides is 2. The van der Waals surface area contributed by atoms with Gasteiger partial charge in [0.25, 0.3) is 5.91 Å². The van der Waals surface area contributed by atoms with Crippen molar-refractivity contribution in [3.63, 3.8) is 0 Å². The van der Waals surface area contributed by atoms with E-state index in [4.69, 9.17) is 19.2 Å². The fourth-order valence-corrected chi connectivity index (χ4v) is 15.5. The Bertz CT molecular complexity index is 2860. The lowest BCUT2D eigenvalue weighted by molar-refractivity contribution is -0.157. The van der Waals surface area contributed by atoms with Gasteiger partial charge in [-0.05, 0) is 137 Å². The Morgan fingerprint density at radius 1 is 0.885 bits per heavy atom. The highest BCUT2D eigenvalue weighted by Gasteiger charge is 2.53. The van der Waals surface area contributed by atoms with Crippen molar-refractivity contribution < 1.29 is 28.6 Å². The molecule has 8 aliphatic rings. The van der Waals surface area contributed by atoms with E-state index in [9.17, 15) is 4.79 Å². The number of nitrogens with one attached hydrogen (secondary N) is 2. The number of cyclic esters (lactones) is 1. The number of nitrogens with zero attached hydrogens (tertiary/aromatic N) is 7. The number of hydrazine groups is 1. The number of hydrogen-bond donors (Lipinski definition) is 2. The molecule has 2 N–H and O–H groups in total. The van der Waals surface area contributed by atoms with E-state index in [1.807, 2.05) is 0 Å². The molecule has 1 spiro atoms. The Balaban J connectivity index is 0.945. The zero-order valence-corrected chi connectivity index (χ0v) is 47.7. The summed E-state index contributed by atoms with van der Waals surface area (Å²) in [5.74, 6) is -0.290. The van der Waals surface area contributed by atoms with Crippen molar-refractivity contribution in [3.05, 3.63) is 77.1 Å². The minimum Gasteiger partial charge on any atom is -0.464 e. The number of pyridine rings is 1. The predicted octanol–water partition coefficient (Wildman–Crippen LogP) is 8.45. The molecule has 15 heteroatoms. The van der Waals surface area contributed by atoms with Crippen molar-refractivity contribution in [3.8, 4) is 11.3 Å². The number of ether oxygens (including phenoxy) is 3. The van der Waals surface area contributed by atoms with E-state index in [0.717, 1.165) is 125 Å². The molecule has 420 valence electrons. The Hall–Kier alpha value is -5.06. The largest absolute Gasteiger partial charge is 0.464 e. The molecule has 4 saturated heterocycles. The number of rotatable bonds is 10. The topological polar surface area (TPSA) is 137 Å². The molecule has 5 aliphatic heterocycles. The van der Waals surface area contributed by atoms with Crippen LogP contribution in [0.5, 0.6) is 0 Å². The molecule has 78 heavy (non-hydrogen) atoms. The standard InChI is InChI=1S/C63H87N9O6/c1-8-67-26-23-54(70-36-63(37-70)24-31-77-39-63)57(65-59(73)55-40(3)45-14-10-11-15-46(45)47-16-12-17-48(47)55)60(74)72-25-13-18-52(66-72)61(75)78-38-62(5,6)34-51-49-32-43(67)21-22-53(49)71(9-2)58(51)50-33-44(35-64-56(50)41(4)76-7)69-29-27-68(28-30-69)42-19-20-42/h10-11,14-15,21-22,32-33,35,40-42,47-48,52,54-55,57,66H,8-9,12-13,16-20,23-31,34,36-39H2,1-7H3,(H,65,73)/t40?,41-,47-,48-,52-,54+,55+,57-/m0/s1. The Morgan fingerprint density at radius 2 is 1.68 bits per heavy atom. The molecule has 3 aliphatic carbocycles. The first-order valence-electron chi connectivity index (χ1n) is 30.1. The zero-order chi connectivity index (χ0) is 54.0. The summed E-state index contributed by atoms with van der Waals surface area (Å²) in [7, 11) is 1.76. The third kappa shape index (κ3) is 10.0. The van der Waals surface area contributed by atoms with Gasteiger partial charge in [-0.15, -0.1) is 0 Å². The number of piperazine rings is 1. The van der Waals surface area contributed by atoms with E-state index in [1.165, 1.54) is 34.9 Å². The van der Waals surface area contributed by atoms with Crippen molar-refractivity contribution in [2.45, 2.75) is 154 Å². The van der Waals surface area contributed by atoms with Crippen molar-refractivity contribution in [1.29, 1.82) is 0 Å². The van der Waals surface area contributed by atoms with E-state index in [0.29, 0.717) is 51.3 Å². The summed E-state index contributed by atoms with van der Waals surface area (Å²) >= 11 is 0. The van der Waals surface area contributed by atoms with Gasteiger partial charge in [-0.1, -0.05) is 51.5 Å². The molecular weight excluding hydrogens is 979 g/mol. The molecule has 7 heterocycles. The van der Waals surface area contributed by atoms with Crippen LogP contribution >= 0.6 is 0 Å². The van der Waals surface area contributed by atoms with Crippen LogP contribution < -0.4 is 20.5 Å². The summed E-state index contributed by atoms with van der Waals surface area (Å²) in [4.78, 5) is 61.0. The van der Waals surface area contributed by atoms with Crippen LogP contribution in [0.4, 0.5) is 11.4 Å². The average molecular weight is 1070 g/mol. The summed E-state index contributed by atoms with van der Waals surface area (Å²) in [5, 5.41) is 6.39. The van der Waals surface area contributed by atoms with Crippen LogP contribution in [0.2, 0.25) is 0 Å². The summed E-state index contributed by atoms with van der Waals surface area (Å²) < 4.78 is 21.0. The highest BCUT2D eigenvalue weighted by molar-refractivity contribution is 5.95. The van der Waals surface area contributed by atoms with Crippen molar-refractivity contribution in [2.24, 2.45) is 22.7 Å². The Kier molecular flexibility index (Phi) is 15.0. The zero-order valence-electron chi connectivity index (χ0n) is 47.7. The number of fused-ring (bicyclic) bond motifs is 6. The number of carbonyl (C=O) groups is 3. The second kappa shape index (κ2) is 21.8. The van der Waals surface area contributed by atoms with Crippen LogP contribution in [0.25, 0.3) is 22.2 Å². The van der Waals surface area contributed by atoms with Gasteiger partial charge in [0.2, 0.25) is 5.91 Å². The van der Waals surface area contributed by atoms with Gasteiger partial charge >= 0.3 is 5.97 Å². The smallest absolute Gasteiger partial charge is 0.324 e. The minimum atomic E-state index is -0.856. The van der Waals surface area contributed by atoms with E-state index < -0.39 is 17.5 Å². The molecule has 0 radical (unpaired) electrons. The minimum absolute atomic E-state index is 0.00848. The number of aromatic nitrogens is 2. The third-order valence-corrected chi connectivity index (χ3v) is 20.0. The maximum Gasteiger partial charge on any atom is 0.324 e. The maximum atomic E-state index is 15.7. The second-order valence-corrected chi connectivity index (χ2v) is 25.6. The number of hydrogen-bond acceptors (Lipinski definition) is 12. The molecule has 8 atom stereocenters. The number of benzene rings is 2. The number of likely N-dealkylation sites (tertiary alicyclic amines) is 1. The van der Waals surface area contributed by atoms with Crippen LogP contribution in [0.15, 0.2) is 54.7 Å². The quantitative estimate of drug-likeness (QED) is 0.148. The molecule has 4 aromatic rings. The first-order valence-corrected chi connectivity index (χ1v) is 30.1. The monoisotopic (exact) mass is 1070 g/mol. The summed E-state index contributed by atoms with van der Waals surface area (Å²) in [5.41, 5.74) is 13.3. The molecule has 2 amide bonds. The fraction of sp³-hybridized carbons (Fsp3) is 0.651. The van der Waals surface area contributed by atoms with Gasteiger partial charge in [0.15, 0.2) is 0 Å². The van der Waals surface area contributed by atoms with Crippen LogP contribution in [0.1, 0.15) is 140 Å². The highest BCUT2D eigenvalue weighted by atomic mass is 16.5. The maximum absolute atomic E-state index is 15.7. The van der Waals surface area contributed by atoms with Crippen LogP contribution in [0, 0.1) is 22.7 Å². The number of carbonyl (C=O) groups excluding carboxylic acids is 3. The van der Waals surface area contributed by atoms with Gasteiger partial charge in [-0.2, -0.15) is 0 Å². The van der Waals surface area contributed by atoms with Gasteiger partial charge in [-0.3, -0.25) is 34.2 Å². The lowest BCUT2D eigenvalue weighted by Crippen LogP contribution is -2.70. The first kappa shape index (κ1) is 53.6. The lowest BCUT2D eigenvalue weighted by Gasteiger charge is -2.53. The van der Waals surface area contributed by atoms with E-state index in [-0.39, 0.29) is 59.7 Å². The van der Waals surface area contributed by atoms with Gasteiger partial charge < -0.3 is 33.9 Å². The van der Waals surface area contributed by atoms with Crippen molar-refractivity contribution >= 4 is 40.1 Å². The fourth-order valence-electron chi connectivity index (χ4n) is 15.5. The van der Waals surface area contributed by atoms with E-state index in [1.54, 1.807) is 12.1 Å². The number of esters is 1. The van der Waals surface area contributed by atoms with E-state index >= 15 is 9.59 Å². The molecule has 2 aromatic carbocycles. The summed E-state index contributed by atoms with van der Waals surface area (Å²) in [6, 6.07) is 16.9. The van der Waals surface area contributed by atoms with Gasteiger partial charge in [0.1, 0.15) is 12.1 Å². The molecule has 2 aromatic heterocycles. The molecule has 6 fully saturated rings. The van der Waals surface area contributed by atoms with Crippen LogP contribution in [0.3, 0.4) is 0 Å². The molecule has 12 rings (SSSR count). The Labute approximate surface area is 463 Å². The van der Waals surface area contributed by atoms with Crippen LogP contribution in [-0.2, 0) is 41.6 Å². The molecule has 1 unspecified atom stereocenters. The van der Waals surface area contributed by atoms with Gasteiger partial charge in [0.05, 0.1) is 42.6 Å². The second-order valence-electron chi connectivity index (χ2n) is 25.6. The van der Waals surface area contributed by atoms with Crippen molar-refractivity contribution in [2.75, 3.05) is 95.6 Å². The molecular formula is C63H87N9O6. The number of anilines is 2. The number of aryl methyl sites for hydroxylation is 1. The molecule has 4 bridgehead atoms. The van der Waals surface area contributed by atoms with Crippen molar-refractivity contribution in [1.82, 2.24) is 35.1 Å². The van der Waals surface area contributed by atoms with Gasteiger partial charge in [-0.25, -0.2) is 5.43 Å². The van der Waals surface area contributed by atoms with E-state index in [2.05, 4.69) is 131 Å². The molecule has 2 saturated carbocycles. The average Bonchev–Trinajstić information content (AvgIpc) is 4.07. The number of methoxy groups -OCH3 is 1. The van der Waals surface area contributed by atoms with Gasteiger partial charge in [0, 0.05) is 130 Å². The summed E-state index contributed by atoms with van der Waals surface area (Å²) in [6.45, 7) is 23.1. The predicted molar refractivity (Wildman–Crippen MR) is 305 cm³/mol. The first-order chi connectivity index (χ1) is 37.8. The highest BCUT2D eigenvalue weighted by Crippen LogP contribution is 2.54. The summed E-state index contributed by atoms with van der Waals surface area (Å²) in [6.07, 6.45) is 11.0.